The summed E-state index contributed by atoms with van der Waals surface area (Å²) in [5, 5.41) is 11.2. The van der Waals surface area contributed by atoms with Crippen molar-refractivity contribution in [1.29, 1.82) is 0 Å². The Morgan fingerprint density at radius 1 is 1.38 bits per heavy atom. The summed E-state index contributed by atoms with van der Waals surface area (Å²) in [6, 6.07) is 9.86. The molecule has 1 aliphatic heterocycles. The number of fused-ring (bicyclic) bond motifs is 1. The number of carboxylic acid groups (broad SMARTS) is 1. The molecule has 1 unspecified atom stereocenters. The molecule has 1 aliphatic rings. The van der Waals surface area contributed by atoms with Crippen LogP contribution in [0.2, 0.25) is 0 Å². The first kappa shape index (κ1) is 13.4. The van der Waals surface area contributed by atoms with Crippen LogP contribution in [0.4, 0.5) is 4.79 Å². The van der Waals surface area contributed by atoms with Crippen molar-refractivity contribution < 1.29 is 14.6 Å². The third-order valence-corrected chi connectivity index (χ3v) is 3.67. The molecule has 108 valence electrons. The van der Waals surface area contributed by atoms with E-state index in [1.165, 1.54) is 0 Å². The quantitative estimate of drug-likeness (QED) is 0.909. The molecule has 0 aliphatic carbocycles. The minimum Gasteiger partial charge on any atom is -0.493 e. The maximum absolute atomic E-state index is 10.7. The van der Waals surface area contributed by atoms with E-state index in [0.717, 1.165) is 28.9 Å². The molecule has 1 aromatic carbocycles. The largest absolute Gasteiger partial charge is 0.493 e. The highest BCUT2D eigenvalue weighted by Crippen LogP contribution is 2.40. The smallest absolute Gasteiger partial charge is 0.404 e. The number of benzene rings is 1. The van der Waals surface area contributed by atoms with Gasteiger partial charge in [0.05, 0.1) is 6.61 Å². The van der Waals surface area contributed by atoms with Crippen LogP contribution < -0.4 is 10.1 Å². The Balaban J connectivity index is 1.96. The minimum atomic E-state index is -0.994. The molecule has 0 bridgehead atoms. The second-order valence-corrected chi connectivity index (χ2v) is 4.99. The van der Waals surface area contributed by atoms with Gasteiger partial charge in [0.15, 0.2) is 0 Å². The van der Waals surface area contributed by atoms with Crippen LogP contribution in [0.3, 0.4) is 0 Å². The van der Waals surface area contributed by atoms with Gasteiger partial charge >= 0.3 is 6.09 Å². The highest BCUT2D eigenvalue weighted by molar-refractivity contribution is 5.72. The van der Waals surface area contributed by atoms with Crippen LogP contribution in [-0.2, 0) is 0 Å². The van der Waals surface area contributed by atoms with Crippen molar-refractivity contribution in [1.82, 2.24) is 10.3 Å². The summed E-state index contributed by atoms with van der Waals surface area (Å²) in [7, 11) is 0. The van der Waals surface area contributed by atoms with Crippen molar-refractivity contribution >= 4 is 6.09 Å². The van der Waals surface area contributed by atoms with Crippen molar-refractivity contribution in [2.75, 3.05) is 13.2 Å². The maximum atomic E-state index is 10.7. The number of amides is 1. The van der Waals surface area contributed by atoms with Crippen molar-refractivity contribution in [3.8, 4) is 16.9 Å². The summed E-state index contributed by atoms with van der Waals surface area (Å²) in [5.74, 6) is 0.982. The summed E-state index contributed by atoms with van der Waals surface area (Å²) < 4.78 is 5.84. The molecule has 0 radical (unpaired) electrons. The number of pyridine rings is 1. The van der Waals surface area contributed by atoms with Gasteiger partial charge in [-0.1, -0.05) is 24.3 Å². The molecule has 2 aromatic rings. The van der Waals surface area contributed by atoms with Gasteiger partial charge in [0.2, 0.25) is 0 Å². The molecule has 21 heavy (non-hydrogen) atoms. The Hall–Kier alpha value is -2.56. The molecule has 0 saturated carbocycles. The van der Waals surface area contributed by atoms with Gasteiger partial charge in [-0.15, -0.1) is 0 Å². The van der Waals surface area contributed by atoms with E-state index in [4.69, 9.17) is 9.84 Å². The molecule has 5 heteroatoms. The molecule has 2 heterocycles. The summed E-state index contributed by atoms with van der Waals surface area (Å²) in [6.45, 7) is 0.998. The molecule has 0 spiro atoms. The lowest BCUT2D eigenvalue weighted by atomic mass is 9.90. The Kier molecular flexibility index (Phi) is 3.73. The lowest BCUT2D eigenvalue weighted by Crippen LogP contribution is -2.29. The van der Waals surface area contributed by atoms with Crippen LogP contribution in [0.5, 0.6) is 5.75 Å². The molecule has 1 amide bonds. The molecule has 2 N–H and O–H groups in total. The first-order valence-corrected chi connectivity index (χ1v) is 6.88. The first-order chi connectivity index (χ1) is 10.3. The van der Waals surface area contributed by atoms with Crippen molar-refractivity contribution in [3.05, 3.63) is 48.3 Å². The molecular weight excluding hydrogens is 268 g/mol. The lowest BCUT2D eigenvalue weighted by Gasteiger charge is -2.27. The van der Waals surface area contributed by atoms with E-state index in [2.05, 4.69) is 10.3 Å². The third kappa shape index (κ3) is 2.81. The Bertz CT molecular complexity index is 643. The predicted molar refractivity (Wildman–Crippen MR) is 78.6 cm³/mol. The van der Waals surface area contributed by atoms with Gasteiger partial charge in [-0.25, -0.2) is 4.79 Å². The molecule has 5 nitrogen and oxygen atoms in total. The van der Waals surface area contributed by atoms with Gasteiger partial charge in [0.1, 0.15) is 5.75 Å². The van der Waals surface area contributed by atoms with E-state index in [1.54, 1.807) is 12.4 Å². The Morgan fingerprint density at radius 2 is 2.29 bits per heavy atom. The third-order valence-electron chi connectivity index (χ3n) is 3.67. The Morgan fingerprint density at radius 3 is 3.05 bits per heavy atom. The summed E-state index contributed by atoms with van der Waals surface area (Å²) in [5.41, 5.74) is 3.05. The predicted octanol–water partition coefficient (Wildman–Crippen LogP) is 2.88. The van der Waals surface area contributed by atoms with E-state index in [1.807, 2.05) is 30.3 Å². The van der Waals surface area contributed by atoms with Gasteiger partial charge in [0, 0.05) is 36.0 Å². The number of para-hydroxylation sites is 1. The number of hydrogen-bond acceptors (Lipinski definition) is 3. The van der Waals surface area contributed by atoms with Gasteiger partial charge in [-0.3, -0.25) is 4.98 Å². The van der Waals surface area contributed by atoms with E-state index in [0.29, 0.717) is 13.2 Å². The van der Waals surface area contributed by atoms with Crippen molar-refractivity contribution in [3.63, 3.8) is 0 Å². The van der Waals surface area contributed by atoms with E-state index in [9.17, 15) is 4.79 Å². The zero-order valence-corrected chi connectivity index (χ0v) is 11.5. The number of nitrogens with one attached hydrogen (secondary N) is 1. The second-order valence-electron chi connectivity index (χ2n) is 4.99. The van der Waals surface area contributed by atoms with Crippen LogP contribution in [0.15, 0.2) is 42.7 Å². The van der Waals surface area contributed by atoms with Crippen LogP contribution in [0.1, 0.15) is 17.9 Å². The van der Waals surface area contributed by atoms with E-state index in [-0.39, 0.29) is 5.92 Å². The average Bonchev–Trinajstić information content (AvgIpc) is 2.53. The fourth-order valence-electron chi connectivity index (χ4n) is 2.67. The van der Waals surface area contributed by atoms with E-state index >= 15 is 0 Å². The van der Waals surface area contributed by atoms with Crippen LogP contribution in [-0.4, -0.2) is 29.3 Å². The maximum Gasteiger partial charge on any atom is 0.404 e. The van der Waals surface area contributed by atoms with Gasteiger partial charge in [0.25, 0.3) is 0 Å². The summed E-state index contributed by atoms with van der Waals surface area (Å²) >= 11 is 0. The van der Waals surface area contributed by atoms with Gasteiger partial charge in [-0.05, 0) is 18.1 Å². The fraction of sp³-hybridized carbons (Fsp3) is 0.250. The molecule has 0 fully saturated rings. The molecule has 1 aromatic heterocycles. The number of rotatable bonds is 3. The lowest BCUT2D eigenvalue weighted by molar-refractivity contribution is 0.191. The zero-order chi connectivity index (χ0) is 14.7. The highest BCUT2D eigenvalue weighted by Gasteiger charge is 2.24. The van der Waals surface area contributed by atoms with Crippen LogP contribution >= 0.6 is 0 Å². The Labute approximate surface area is 122 Å². The summed E-state index contributed by atoms with van der Waals surface area (Å²) in [4.78, 5) is 14.8. The number of hydrogen-bond donors (Lipinski definition) is 2. The SMILES string of the molecule is O=C(O)NCC1CCOc2c(-c3cccnc3)cccc21. The second kappa shape index (κ2) is 5.83. The number of ether oxygens (including phenoxy) is 1. The fourth-order valence-corrected chi connectivity index (χ4v) is 2.67. The molecule has 1 atom stereocenters. The van der Waals surface area contributed by atoms with Crippen molar-refractivity contribution in [2.24, 2.45) is 0 Å². The van der Waals surface area contributed by atoms with E-state index < -0.39 is 6.09 Å². The van der Waals surface area contributed by atoms with Gasteiger partial charge < -0.3 is 15.2 Å². The monoisotopic (exact) mass is 284 g/mol. The molecule has 3 rings (SSSR count). The highest BCUT2D eigenvalue weighted by atomic mass is 16.5. The topological polar surface area (TPSA) is 71.5 Å². The molecule has 0 saturated heterocycles. The normalized spacial score (nSPS) is 16.7. The van der Waals surface area contributed by atoms with Crippen molar-refractivity contribution in [2.45, 2.75) is 12.3 Å². The summed E-state index contributed by atoms with van der Waals surface area (Å²) in [6.07, 6.45) is 3.35. The van der Waals surface area contributed by atoms with Crippen LogP contribution in [0, 0.1) is 0 Å². The number of carbonyl (C=O) groups is 1. The first-order valence-electron chi connectivity index (χ1n) is 6.88. The standard InChI is InChI=1S/C16H16N2O3/c19-16(20)18-10-12-6-8-21-15-13(4-1-5-14(12)15)11-3-2-7-17-9-11/h1-5,7,9,12,18H,6,8,10H2,(H,19,20). The molecular formula is C16H16N2O3. The average molecular weight is 284 g/mol. The number of aromatic nitrogens is 1. The minimum absolute atomic E-state index is 0.140. The van der Waals surface area contributed by atoms with Crippen LogP contribution in [0.25, 0.3) is 11.1 Å². The van der Waals surface area contributed by atoms with Gasteiger partial charge in [-0.2, -0.15) is 0 Å². The number of nitrogens with zero attached hydrogens (tertiary/aromatic N) is 1. The zero-order valence-electron chi connectivity index (χ0n) is 11.5.